The molecular formula is C9H22N2O. The van der Waals surface area contributed by atoms with Gasteiger partial charge in [-0.25, -0.2) is 0 Å². The summed E-state index contributed by atoms with van der Waals surface area (Å²) in [7, 11) is 2.13. The van der Waals surface area contributed by atoms with E-state index in [0.717, 1.165) is 25.6 Å². The van der Waals surface area contributed by atoms with Crippen LogP contribution >= 0.6 is 0 Å². The molecule has 3 heteroatoms. The van der Waals surface area contributed by atoms with E-state index in [1.165, 1.54) is 0 Å². The zero-order valence-electron chi connectivity index (χ0n) is 8.51. The molecule has 0 aromatic heterocycles. The monoisotopic (exact) mass is 174 g/mol. The minimum atomic E-state index is 0.230. The summed E-state index contributed by atoms with van der Waals surface area (Å²) >= 11 is 0. The Hall–Kier alpha value is -0.120. The van der Waals surface area contributed by atoms with Crippen molar-refractivity contribution in [3.05, 3.63) is 0 Å². The fraction of sp³-hybridized carbons (Fsp3) is 1.00. The standard InChI is InChI=1S/C9H22N2O/c1-9(2)8-11(3)6-4-10-5-7-12/h9-10,12H,4-8H2,1-3H3. The number of nitrogens with zero attached hydrogens (tertiary/aromatic N) is 1. The molecule has 0 fully saturated rings. The van der Waals surface area contributed by atoms with Gasteiger partial charge in [-0.3, -0.25) is 0 Å². The van der Waals surface area contributed by atoms with E-state index in [4.69, 9.17) is 5.11 Å². The van der Waals surface area contributed by atoms with Crippen molar-refractivity contribution in [2.45, 2.75) is 13.8 Å². The number of aliphatic hydroxyl groups is 1. The lowest BCUT2D eigenvalue weighted by molar-refractivity contribution is 0.272. The number of aliphatic hydroxyl groups excluding tert-OH is 1. The Morgan fingerprint density at radius 3 is 2.50 bits per heavy atom. The molecule has 0 heterocycles. The van der Waals surface area contributed by atoms with Gasteiger partial charge < -0.3 is 15.3 Å². The summed E-state index contributed by atoms with van der Waals surface area (Å²) in [6.07, 6.45) is 0. The molecule has 3 nitrogen and oxygen atoms in total. The molecule has 0 aliphatic rings. The van der Waals surface area contributed by atoms with Crippen molar-refractivity contribution < 1.29 is 5.11 Å². The first-order chi connectivity index (χ1) is 5.66. The van der Waals surface area contributed by atoms with Crippen LogP contribution in [0.25, 0.3) is 0 Å². The molecule has 0 saturated carbocycles. The van der Waals surface area contributed by atoms with Crippen molar-refractivity contribution in [2.75, 3.05) is 39.8 Å². The van der Waals surface area contributed by atoms with Gasteiger partial charge in [-0.1, -0.05) is 13.8 Å². The molecule has 0 unspecified atom stereocenters. The Kier molecular flexibility index (Phi) is 7.45. The second kappa shape index (κ2) is 7.53. The Balaban J connectivity index is 3.14. The third-order valence-corrected chi connectivity index (χ3v) is 1.64. The fourth-order valence-electron chi connectivity index (χ4n) is 1.19. The van der Waals surface area contributed by atoms with Crippen LogP contribution in [-0.2, 0) is 0 Å². The van der Waals surface area contributed by atoms with Gasteiger partial charge in [-0.15, -0.1) is 0 Å². The number of rotatable bonds is 7. The van der Waals surface area contributed by atoms with E-state index in [1.807, 2.05) is 0 Å². The van der Waals surface area contributed by atoms with Crippen molar-refractivity contribution >= 4 is 0 Å². The van der Waals surface area contributed by atoms with Crippen LogP contribution in [0, 0.1) is 5.92 Å². The molecule has 0 amide bonds. The van der Waals surface area contributed by atoms with E-state index in [0.29, 0.717) is 6.54 Å². The molecule has 0 aliphatic carbocycles. The smallest absolute Gasteiger partial charge is 0.0555 e. The molecule has 0 atom stereocenters. The van der Waals surface area contributed by atoms with Crippen LogP contribution in [0.15, 0.2) is 0 Å². The number of nitrogens with one attached hydrogen (secondary N) is 1. The van der Waals surface area contributed by atoms with Gasteiger partial charge in [0.1, 0.15) is 0 Å². The zero-order valence-corrected chi connectivity index (χ0v) is 8.51. The van der Waals surface area contributed by atoms with Crippen molar-refractivity contribution in [1.82, 2.24) is 10.2 Å². The lowest BCUT2D eigenvalue weighted by atomic mass is 10.2. The summed E-state index contributed by atoms with van der Waals surface area (Å²) in [5.74, 6) is 0.729. The Morgan fingerprint density at radius 2 is 2.00 bits per heavy atom. The van der Waals surface area contributed by atoms with E-state index in [2.05, 4.69) is 31.1 Å². The van der Waals surface area contributed by atoms with Gasteiger partial charge in [0.05, 0.1) is 6.61 Å². The maximum atomic E-state index is 8.50. The average molecular weight is 174 g/mol. The molecular weight excluding hydrogens is 152 g/mol. The molecule has 12 heavy (non-hydrogen) atoms. The lowest BCUT2D eigenvalue weighted by Crippen LogP contribution is -2.32. The highest BCUT2D eigenvalue weighted by Crippen LogP contribution is 1.93. The predicted octanol–water partition coefficient (Wildman–Crippen LogP) is 0.156. The zero-order chi connectivity index (χ0) is 9.40. The summed E-state index contributed by atoms with van der Waals surface area (Å²) in [5.41, 5.74) is 0. The van der Waals surface area contributed by atoms with Crippen LogP contribution in [0.5, 0.6) is 0 Å². The molecule has 0 aromatic rings. The first kappa shape index (κ1) is 11.9. The molecule has 0 rings (SSSR count). The van der Waals surface area contributed by atoms with Crippen LogP contribution < -0.4 is 5.32 Å². The molecule has 0 aliphatic heterocycles. The predicted molar refractivity (Wildman–Crippen MR) is 52.3 cm³/mol. The van der Waals surface area contributed by atoms with Crippen LogP contribution in [0.2, 0.25) is 0 Å². The summed E-state index contributed by atoms with van der Waals surface area (Å²) in [6, 6.07) is 0. The van der Waals surface area contributed by atoms with Crippen LogP contribution in [0.3, 0.4) is 0 Å². The van der Waals surface area contributed by atoms with Crippen LogP contribution in [0.1, 0.15) is 13.8 Å². The number of hydrogen-bond donors (Lipinski definition) is 2. The second-order valence-corrected chi connectivity index (χ2v) is 3.63. The molecule has 0 spiro atoms. The van der Waals surface area contributed by atoms with Crippen LogP contribution in [-0.4, -0.2) is 49.8 Å². The van der Waals surface area contributed by atoms with E-state index in [9.17, 15) is 0 Å². The molecule has 0 aromatic carbocycles. The van der Waals surface area contributed by atoms with E-state index >= 15 is 0 Å². The number of likely N-dealkylation sites (N-methyl/N-ethyl adjacent to an activating group) is 1. The van der Waals surface area contributed by atoms with Crippen LogP contribution in [0.4, 0.5) is 0 Å². The van der Waals surface area contributed by atoms with Crippen molar-refractivity contribution in [3.63, 3.8) is 0 Å². The summed E-state index contributed by atoms with van der Waals surface area (Å²) in [5, 5.41) is 11.6. The molecule has 2 N–H and O–H groups in total. The second-order valence-electron chi connectivity index (χ2n) is 3.63. The maximum absolute atomic E-state index is 8.50. The Labute approximate surface area is 75.8 Å². The largest absolute Gasteiger partial charge is 0.395 e. The van der Waals surface area contributed by atoms with Gasteiger partial charge in [0, 0.05) is 26.2 Å². The van der Waals surface area contributed by atoms with E-state index in [1.54, 1.807) is 0 Å². The van der Waals surface area contributed by atoms with Gasteiger partial charge in [0.2, 0.25) is 0 Å². The highest BCUT2D eigenvalue weighted by atomic mass is 16.3. The summed E-state index contributed by atoms with van der Waals surface area (Å²) in [4.78, 5) is 2.30. The SMILES string of the molecule is CC(C)CN(C)CCNCCO. The third-order valence-electron chi connectivity index (χ3n) is 1.64. The first-order valence-electron chi connectivity index (χ1n) is 4.67. The minimum Gasteiger partial charge on any atom is -0.395 e. The first-order valence-corrected chi connectivity index (χ1v) is 4.67. The Bertz CT molecular complexity index is 96.5. The van der Waals surface area contributed by atoms with Gasteiger partial charge in [0.25, 0.3) is 0 Å². The van der Waals surface area contributed by atoms with Gasteiger partial charge >= 0.3 is 0 Å². The Morgan fingerprint density at radius 1 is 1.33 bits per heavy atom. The van der Waals surface area contributed by atoms with Gasteiger partial charge in [0.15, 0.2) is 0 Å². The minimum absolute atomic E-state index is 0.230. The topological polar surface area (TPSA) is 35.5 Å². The average Bonchev–Trinajstić information content (AvgIpc) is 1.97. The normalized spacial score (nSPS) is 11.5. The number of hydrogen-bond acceptors (Lipinski definition) is 3. The highest BCUT2D eigenvalue weighted by Gasteiger charge is 1.99. The molecule has 0 bridgehead atoms. The molecule has 0 saturated heterocycles. The highest BCUT2D eigenvalue weighted by molar-refractivity contribution is 4.56. The molecule has 74 valence electrons. The van der Waals surface area contributed by atoms with E-state index < -0.39 is 0 Å². The van der Waals surface area contributed by atoms with Gasteiger partial charge in [-0.05, 0) is 13.0 Å². The summed E-state index contributed by atoms with van der Waals surface area (Å²) < 4.78 is 0. The fourth-order valence-corrected chi connectivity index (χ4v) is 1.19. The quantitative estimate of drug-likeness (QED) is 0.540. The van der Waals surface area contributed by atoms with Gasteiger partial charge in [-0.2, -0.15) is 0 Å². The lowest BCUT2D eigenvalue weighted by Gasteiger charge is -2.18. The summed E-state index contributed by atoms with van der Waals surface area (Å²) in [6.45, 7) is 8.53. The van der Waals surface area contributed by atoms with E-state index in [-0.39, 0.29) is 6.61 Å². The molecule has 0 radical (unpaired) electrons. The van der Waals surface area contributed by atoms with Crippen molar-refractivity contribution in [2.24, 2.45) is 5.92 Å². The maximum Gasteiger partial charge on any atom is 0.0555 e. The van der Waals surface area contributed by atoms with Crippen molar-refractivity contribution in [3.8, 4) is 0 Å². The van der Waals surface area contributed by atoms with Crippen molar-refractivity contribution in [1.29, 1.82) is 0 Å². The third kappa shape index (κ3) is 7.98.